The second kappa shape index (κ2) is 8.57. The minimum Gasteiger partial charge on any atom is -0.478 e. The van der Waals surface area contributed by atoms with Crippen molar-refractivity contribution in [1.29, 1.82) is 0 Å². The van der Waals surface area contributed by atoms with Gasteiger partial charge in [0.25, 0.3) is 11.8 Å². The standard InChI is InChI=1S/C23H18FN3O3/c1-15(29-20-14-8-6-12-18(20)24)22(28)25-19-13-7-5-11-17(19)23-26-21(27-30-23)16-9-3-2-4-10-16/h2-15H,1H3,(H,25,28). The Labute approximate surface area is 172 Å². The predicted molar refractivity (Wildman–Crippen MR) is 110 cm³/mol. The Morgan fingerprint density at radius 3 is 2.50 bits per heavy atom. The van der Waals surface area contributed by atoms with E-state index >= 15 is 0 Å². The van der Waals surface area contributed by atoms with Gasteiger partial charge in [0.15, 0.2) is 17.7 Å². The molecule has 4 aromatic rings. The molecule has 6 nitrogen and oxygen atoms in total. The lowest BCUT2D eigenvalue weighted by molar-refractivity contribution is -0.122. The summed E-state index contributed by atoms with van der Waals surface area (Å²) in [5.74, 6) is -0.237. The average Bonchev–Trinajstić information content (AvgIpc) is 3.26. The molecule has 7 heteroatoms. The van der Waals surface area contributed by atoms with Crippen LogP contribution in [0.4, 0.5) is 10.1 Å². The summed E-state index contributed by atoms with van der Waals surface area (Å²) in [4.78, 5) is 17.0. The molecule has 4 rings (SSSR count). The molecule has 0 saturated heterocycles. The van der Waals surface area contributed by atoms with Crippen molar-refractivity contribution < 1.29 is 18.4 Å². The normalized spacial score (nSPS) is 11.7. The van der Waals surface area contributed by atoms with E-state index in [0.29, 0.717) is 17.1 Å². The number of hydrogen-bond acceptors (Lipinski definition) is 5. The molecule has 0 spiro atoms. The molecule has 1 atom stereocenters. The highest BCUT2D eigenvalue weighted by molar-refractivity contribution is 5.97. The molecule has 1 unspecified atom stereocenters. The van der Waals surface area contributed by atoms with E-state index in [1.54, 1.807) is 43.3 Å². The fourth-order valence-electron chi connectivity index (χ4n) is 2.83. The van der Waals surface area contributed by atoms with E-state index in [1.807, 2.05) is 30.3 Å². The van der Waals surface area contributed by atoms with Gasteiger partial charge in [0.1, 0.15) is 0 Å². The smallest absolute Gasteiger partial charge is 0.265 e. The number of halogens is 1. The van der Waals surface area contributed by atoms with Crippen LogP contribution in [0.3, 0.4) is 0 Å². The lowest BCUT2D eigenvalue weighted by atomic mass is 10.1. The minimum atomic E-state index is -0.919. The highest BCUT2D eigenvalue weighted by Gasteiger charge is 2.20. The van der Waals surface area contributed by atoms with E-state index in [-0.39, 0.29) is 11.6 Å². The molecule has 1 aromatic heterocycles. The summed E-state index contributed by atoms with van der Waals surface area (Å²) in [6.45, 7) is 1.55. The molecule has 0 aliphatic carbocycles. The summed E-state index contributed by atoms with van der Waals surface area (Å²) in [5.41, 5.74) is 1.87. The van der Waals surface area contributed by atoms with Crippen LogP contribution in [0.15, 0.2) is 83.4 Å². The van der Waals surface area contributed by atoms with E-state index in [9.17, 15) is 9.18 Å². The third-order valence-corrected chi connectivity index (χ3v) is 4.38. The Hall–Kier alpha value is -4.00. The highest BCUT2D eigenvalue weighted by atomic mass is 19.1. The molecule has 0 fully saturated rings. The van der Waals surface area contributed by atoms with Crippen LogP contribution in [0.1, 0.15) is 6.92 Å². The summed E-state index contributed by atoms with van der Waals surface area (Å²) in [6.07, 6.45) is -0.919. The van der Waals surface area contributed by atoms with E-state index in [2.05, 4.69) is 15.5 Å². The lowest BCUT2D eigenvalue weighted by Gasteiger charge is -2.16. The first kappa shape index (κ1) is 19.3. The van der Waals surface area contributed by atoms with Crippen LogP contribution in [-0.4, -0.2) is 22.2 Å². The zero-order valence-corrected chi connectivity index (χ0v) is 16.1. The first-order chi connectivity index (χ1) is 14.6. The van der Waals surface area contributed by atoms with Crippen molar-refractivity contribution in [3.05, 3.63) is 84.7 Å². The van der Waals surface area contributed by atoms with Gasteiger partial charge in [-0.2, -0.15) is 4.98 Å². The molecule has 0 radical (unpaired) electrons. The van der Waals surface area contributed by atoms with E-state index in [4.69, 9.17) is 9.26 Å². The maximum atomic E-state index is 13.8. The van der Waals surface area contributed by atoms with Crippen LogP contribution < -0.4 is 10.1 Å². The Morgan fingerprint density at radius 2 is 1.70 bits per heavy atom. The van der Waals surface area contributed by atoms with Gasteiger partial charge in [-0.05, 0) is 31.2 Å². The number of aromatic nitrogens is 2. The number of ether oxygens (including phenoxy) is 1. The van der Waals surface area contributed by atoms with Gasteiger partial charge in [0.05, 0.1) is 11.3 Å². The summed E-state index contributed by atoms with van der Waals surface area (Å²) >= 11 is 0. The maximum Gasteiger partial charge on any atom is 0.265 e. The largest absolute Gasteiger partial charge is 0.478 e. The molecule has 0 bridgehead atoms. The quantitative estimate of drug-likeness (QED) is 0.493. The average molecular weight is 403 g/mol. The Kier molecular flexibility index (Phi) is 5.52. The first-order valence-corrected chi connectivity index (χ1v) is 9.32. The molecule has 0 aliphatic rings. The summed E-state index contributed by atoms with van der Waals surface area (Å²) in [5, 5.41) is 6.80. The number of nitrogens with zero attached hydrogens (tertiary/aromatic N) is 2. The summed E-state index contributed by atoms with van der Waals surface area (Å²) < 4.78 is 24.6. The number of hydrogen-bond donors (Lipinski definition) is 1. The minimum absolute atomic E-state index is 0.0119. The number of amides is 1. The van der Waals surface area contributed by atoms with Crippen molar-refractivity contribution >= 4 is 11.6 Å². The third-order valence-electron chi connectivity index (χ3n) is 4.38. The number of anilines is 1. The topological polar surface area (TPSA) is 77.2 Å². The SMILES string of the molecule is CC(Oc1ccccc1F)C(=O)Nc1ccccc1-c1nc(-c2ccccc2)no1. The molecular weight excluding hydrogens is 385 g/mol. The van der Waals surface area contributed by atoms with Crippen LogP contribution in [-0.2, 0) is 4.79 Å². The van der Waals surface area contributed by atoms with Crippen molar-refractivity contribution in [3.63, 3.8) is 0 Å². The number of carbonyl (C=O) groups is 1. The van der Waals surface area contributed by atoms with Gasteiger partial charge in [-0.3, -0.25) is 4.79 Å². The van der Waals surface area contributed by atoms with Crippen LogP contribution in [0, 0.1) is 5.82 Å². The van der Waals surface area contributed by atoms with Gasteiger partial charge < -0.3 is 14.6 Å². The summed E-state index contributed by atoms with van der Waals surface area (Å²) in [6, 6.07) is 22.4. The number of carbonyl (C=O) groups excluding carboxylic acids is 1. The van der Waals surface area contributed by atoms with Crippen molar-refractivity contribution in [2.75, 3.05) is 5.32 Å². The fourth-order valence-corrected chi connectivity index (χ4v) is 2.83. The fraction of sp³-hybridized carbons (Fsp3) is 0.0870. The molecule has 0 aliphatic heterocycles. The van der Waals surface area contributed by atoms with Crippen LogP contribution in [0.25, 0.3) is 22.8 Å². The van der Waals surface area contributed by atoms with E-state index in [0.717, 1.165) is 5.56 Å². The summed E-state index contributed by atoms with van der Waals surface area (Å²) in [7, 11) is 0. The van der Waals surface area contributed by atoms with E-state index in [1.165, 1.54) is 12.1 Å². The number of rotatable bonds is 6. The Balaban J connectivity index is 1.53. The van der Waals surface area contributed by atoms with Crippen molar-refractivity contribution in [2.45, 2.75) is 13.0 Å². The predicted octanol–water partition coefficient (Wildman–Crippen LogP) is 4.95. The first-order valence-electron chi connectivity index (χ1n) is 9.32. The van der Waals surface area contributed by atoms with Gasteiger partial charge in [0.2, 0.25) is 5.82 Å². The van der Waals surface area contributed by atoms with E-state index < -0.39 is 17.8 Å². The Morgan fingerprint density at radius 1 is 1.00 bits per heavy atom. The molecule has 3 aromatic carbocycles. The van der Waals surface area contributed by atoms with Crippen LogP contribution in [0.2, 0.25) is 0 Å². The number of benzene rings is 3. The third kappa shape index (κ3) is 4.20. The molecule has 150 valence electrons. The van der Waals surface area contributed by atoms with Gasteiger partial charge in [-0.1, -0.05) is 59.8 Å². The van der Waals surface area contributed by atoms with Crippen LogP contribution >= 0.6 is 0 Å². The van der Waals surface area contributed by atoms with Gasteiger partial charge in [-0.25, -0.2) is 4.39 Å². The monoisotopic (exact) mass is 403 g/mol. The zero-order valence-electron chi connectivity index (χ0n) is 16.1. The molecule has 0 saturated carbocycles. The van der Waals surface area contributed by atoms with Crippen LogP contribution in [0.5, 0.6) is 5.75 Å². The maximum absolute atomic E-state index is 13.8. The van der Waals surface area contributed by atoms with Crippen molar-refractivity contribution in [2.24, 2.45) is 0 Å². The molecule has 1 heterocycles. The van der Waals surface area contributed by atoms with Crippen molar-refractivity contribution in [3.8, 4) is 28.6 Å². The van der Waals surface area contributed by atoms with Gasteiger partial charge in [-0.15, -0.1) is 0 Å². The Bertz CT molecular complexity index is 1160. The van der Waals surface area contributed by atoms with Gasteiger partial charge >= 0.3 is 0 Å². The highest BCUT2D eigenvalue weighted by Crippen LogP contribution is 2.28. The number of nitrogens with one attached hydrogen (secondary N) is 1. The van der Waals surface area contributed by atoms with Gasteiger partial charge in [0, 0.05) is 5.56 Å². The van der Waals surface area contributed by atoms with Crippen molar-refractivity contribution in [1.82, 2.24) is 10.1 Å². The second-order valence-corrected chi connectivity index (χ2v) is 6.51. The lowest BCUT2D eigenvalue weighted by Crippen LogP contribution is -2.30. The molecule has 30 heavy (non-hydrogen) atoms. The molecule has 1 N–H and O–H groups in total. The zero-order chi connectivity index (χ0) is 20.9. The number of para-hydroxylation sites is 2. The molecular formula is C23H18FN3O3. The second-order valence-electron chi connectivity index (χ2n) is 6.51. The molecule has 1 amide bonds.